The van der Waals surface area contributed by atoms with Crippen LogP contribution < -0.4 is 15.5 Å². The van der Waals surface area contributed by atoms with E-state index in [1.165, 1.54) is 5.69 Å². The van der Waals surface area contributed by atoms with Crippen molar-refractivity contribution in [2.45, 2.75) is 25.9 Å². The lowest BCUT2D eigenvalue weighted by molar-refractivity contribution is 0.432. The lowest BCUT2D eigenvalue weighted by Crippen LogP contribution is -2.55. The van der Waals surface area contributed by atoms with Gasteiger partial charge in [0, 0.05) is 71.3 Å². The molecule has 6 nitrogen and oxygen atoms in total. The van der Waals surface area contributed by atoms with Gasteiger partial charge in [-0.15, -0.1) is 0 Å². The zero-order valence-electron chi connectivity index (χ0n) is 19.5. The van der Waals surface area contributed by atoms with Crippen molar-refractivity contribution < 1.29 is 0 Å². The number of benzene rings is 2. The molecule has 1 fully saturated rings. The lowest BCUT2D eigenvalue weighted by atomic mass is 9.97. The van der Waals surface area contributed by atoms with Crippen LogP contribution in [0.4, 0.5) is 11.4 Å². The topological polar surface area (TPSA) is 57.5 Å². The van der Waals surface area contributed by atoms with E-state index in [0.29, 0.717) is 12.1 Å². The highest BCUT2D eigenvalue weighted by atomic mass is 15.2. The Morgan fingerprint density at radius 3 is 2.50 bits per heavy atom. The van der Waals surface area contributed by atoms with Crippen LogP contribution in [0, 0.1) is 0 Å². The van der Waals surface area contributed by atoms with E-state index in [2.05, 4.69) is 89.7 Å². The highest BCUT2D eigenvalue weighted by molar-refractivity contribution is 5.90. The maximum Gasteiger partial charge on any atom is 0.162 e. The second-order valence-electron chi connectivity index (χ2n) is 9.23. The number of rotatable bonds is 3. The van der Waals surface area contributed by atoms with Crippen LogP contribution in [-0.2, 0) is 0 Å². The first-order chi connectivity index (χ1) is 16.6. The summed E-state index contributed by atoms with van der Waals surface area (Å²) in [6, 6.07) is 16.0. The van der Waals surface area contributed by atoms with E-state index in [9.17, 15) is 0 Å². The molecule has 0 saturated carbocycles. The van der Waals surface area contributed by atoms with Crippen molar-refractivity contribution in [1.82, 2.24) is 19.9 Å². The quantitative estimate of drug-likeness (QED) is 0.451. The number of aromatic nitrogens is 3. The van der Waals surface area contributed by atoms with E-state index < -0.39 is 0 Å². The van der Waals surface area contributed by atoms with Crippen LogP contribution in [-0.4, -0.2) is 39.8 Å². The molecule has 2 aromatic heterocycles. The summed E-state index contributed by atoms with van der Waals surface area (Å²) in [6.07, 6.45) is 9.99. The Labute approximate surface area is 199 Å². The minimum atomic E-state index is 0.474. The zero-order valence-corrected chi connectivity index (χ0v) is 19.5. The van der Waals surface area contributed by atoms with Crippen molar-refractivity contribution in [3.63, 3.8) is 0 Å². The molecule has 0 bridgehead atoms. The molecule has 2 aliphatic heterocycles. The molecule has 2 N–H and O–H groups in total. The molecule has 0 aliphatic carbocycles. The average molecular weight is 449 g/mol. The molecule has 6 heteroatoms. The molecule has 0 spiro atoms. The maximum atomic E-state index is 4.81. The number of anilines is 2. The second-order valence-corrected chi connectivity index (χ2v) is 9.23. The minimum Gasteiger partial charge on any atom is -0.364 e. The molecule has 2 aromatic carbocycles. The molecule has 6 rings (SSSR count). The number of fused-ring (bicyclic) bond motifs is 2. The SMILES string of the molecule is C=C1C=Cc2c(cccc2-c2cnn3cc(-c4ccc(N5[C@H](C)CNC[C@@H]5C)cc4)cnc23)N1. The lowest BCUT2D eigenvalue weighted by Gasteiger charge is -2.41. The Morgan fingerprint density at radius 1 is 0.912 bits per heavy atom. The van der Waals surface area contributed by atoms with E-state index in [1.807, 2.05) is 29.1 Å². The molecule has 2 atom stereocenters. The van der Waals surface area contributed by atoms with Gasteiger partial charge in [0.1, 0.15) is 0 Å². The normalized spacial score (nSPS) is 19.8. The fourth-order valence-electron chi connectivity index (χ4n) is 5.17. The standard InChI is InChI=1S/C28H28N6/c1-18-7-12-25-24(5-4-6-27(25)32-18)26-16-31-33-17-22(15-30-28(26)33)21-8-10-23(11-9-21)34-19(2)13-29-14-20(34)3/h4-12,15-17,19-20,29,32H,1,13-14H2,2-3H3/t19-,20+. The highest BCUT2D eigenvalue weighted by Gasteiger charge is 2.24. The summed E-state index contributed by atoms with van der Waals surface area (Å²) in [5.41, 5.74) is 9.47. The highest BCUT2D eigenvalue weighted by Crippen LogP contribution is 2.35. The van der Waals surface area contributed by atoms with E-state index in [-0.39, 0.29) is 0 Å². The molecule has 0 radical (unpaired) electrons. The number of allylic oxidation sites excluding steroid dienone is 1. The first kappa shape index (κ1) is 20.7. The van der Waals surface area contributed by atoms with Gasteiger partial charge in [-0.05, 0) is 49.2 Å². The number of nitrogens with zero attached hydrogens (tertiary/aromatic N) is 4. The Balaban J connectivity index is 1.33. The summed E-state index contributed by atoms with van der Waals surface area (Å²) >= 11 is 0. The zero-order chi connectivity index (χ0) is 23.2. The number of hydrogen-bond acceptors (Lipinski definition) is 5. The predicted octanol–water partition coefficient (Wildman–Crippen LogP) is 5.20. The third kappa shape index (κ3) is 3.47. The van der Waals surface area contributed by atoms with Gasteiger partial charge in [-0.25, -0.2) is 9.50 Å². The summed E-state index contributed by atoms with van der Waals surface area (Å²) < 4.78 is 1.87. The van der Waals surface area contributed by atoms with Gasteiger partial charge < -0.3 is 15.5 Å². The van der Waals surface area contributed by atoms with Crippen LogP contribution >= 0.6 is 0 Å². The number of nitrogens with one attached hydrogen (secondary N) is 2. The van der Waals surface area contributed by atoms with Gasteiger partial charge in [-0.2, -0.15) is 5.10 Å². The van der Waals surface area contributed by atoms with Crippen LogP contribution in [0.1, 0.15) is 19.4 Å². The van der Waals surface area contributed by atoms with Crippen molar-refractivity contribution in [2.24, 2.45) is 0 Å². The van der Waals surface area contributed by atoms with Crippen molar-refractivity contribution in [3.8, 4) is 22.3 Å². The van der Waals surface area contributed by atoms with Crippen molar-refractivity contribution >= 4 is 23.1 Å². The maximum absolute atomic E-state index is 4.81. The average Bonchev–Trinajstić information content (AvgIpc) is 3.27. The number of piperazine rings is 1. The van der Waals surface area contributed by atoms with Crippen LogP contribution in [0.3, 0.4) is 0 Å². The summed E-state index contributed by atoms with van der Waals surface area (Å²) in [5, 5.41) is 11.5. The van der Waals surface area contributed by atoms with Crippen LogP contribution in [0.25, 0.3) is 34.0 Å². The van der Waals surface area contributed by atoms with E-state index in [4.69, 9.17) is 4.98 Å². The van der Waals surface area contributed by atoms with Crippen LogP contribution in [0.5, 0.6) is 0 Å². The third-order valence-corrected chi connectivity index (χ3v) is 6.83. The first-order valence-corrected chi connectivity index (χ1v) is 11.8. The summed E-state index contributed by atoms with van der Waals surface area (Å²) in [6.45, 7) is 10.6. The van der Waals surface area contributed by atoms with Gasteiger partial charge >= 0.3 is 0 Å². The third-order valence-electron chi connectivity index (χ3n) is 6.83. The fourth-order valence-corrected chi connectivity index (χ4v) is 5.17. The van der Waals surface area contributed by atoms with Gasteiger partial charge in [-0.3, -0.25) is 0 Å². The Morgan fingerprint density at radius 2 is 1.71 bits per heavy atom. The molecule has 0 unspecified atom stereocenters. The van der Waals surface area contributed by atoms with Crippen molar-refractivity contribution in [1.29, 1.82) is 0 Å². The molecule has 2 aliphatic rings. The fraction of sp³-hybridized carbons (Fsp3) is 0.214. The summed E-state index contributed by atoms with van der Waals surface area (Å²) in [5.74, 6) is 0. The summed E-state index contributed by atoms with van der Waals surface area (Å²) in [4.78, 5) is 7.31. The van der Waals surface area contributed by atoms with Crippen molar-refractivity contribution in [3.05, 3.63) is 85.0 Å². The largest absolute Gasteiger partial charge is 0.364 e. The number of hydrogen-bond donors (Lipinski definition) is 2. The first-order valence-electron chi connectivity index (χ1n) is 11.8. The van der Waals surface area contributed by atoms with Gasteiger partial charge in [0.25, 0.3) is 0 Å². The molecule has 1 saturated heterocycles. The van der Waals surface area contributed by atoms with E-state index in [1.54, 1.807) is 0 Å². The van der Waals surface area contributed by atoms with Gasteiger partial charge in [0.05, 0.1) is 6.20 Å². The smallest absolute Gasteiger partial charge is 0.162 e. The van der Waals surface area contributed by atoms with E-state index in [0.717, 1.165) is 57.9 Å². The minimum absolute atomic E-state index is 0.474. The Kier molecular flexibility index (Phi) is 4.96. The molecule has 34 heavy (non-hydrogen) atoms. The molecule has 4 heterocycles. The summed E-state index contributed by atoms with van der Waals surface area (Å²) in [7, 11) is 0. The molecule has 170 valence electrons. The van der Waals surface area contributed by atoms with E-state index >= 15 is 0 Å². The Hall–Kier alpha value is -3.90. The van der Waals surface area contributed by atoms with Gasteiger partial charge in [0.2, 0.25) is 0 Å². The molecule has 0 amide bonds. The second kappa shape index (κ2) is 8.15. The van der Waals surface area contributed by atoms with Crippen LogP contribution in [0.15, 0.2) is 79.4 Å². The molecule has 4 aromatic rings. The van der Waals surface area contributed by atoms with Crippen molar-refractivity contribution in [2.75, 3.05) is 23.3 Å². The van der Waals surface area contributed by atoms with Gasteiger partial charge in [0.15, 0.2) is 5.65 Å². The molecular weight excluding hydrogens is 420 g/mol. The van der Waals surface area contributed by atoms with Gasteiger partial charge in [-0.1, -0.05) is 36.9 Å². The monoisotopic (exact) mass is 448 g/mol. The molecular formula is C28H28N6. The predicted molar refractivity (Wildman–Crippen MR) is 140 cm³/mol. The Bertz CT molecular complexity index is 1400. The van der Waals surface area contributed by atoms with Crippen LogP contribution in [0.2, 0.25) is 0 Å².